The van der Waals surface area contributed by atoms with Gasteiger partial charge in [-0.3, -0.25) is 4.90 Å². The number of hydrogen-bond donors (Lipinski definition) is 1. The topological polar surface area (TPSA) is 58.8 Å². The van der Waals surface area contributed by atoms with Crippen LogP contribution in [0.2, 0.25) is 0 Å². The standard InChI is InChI=1S/C14H29N3O2/c1-5-12(11-15)16-7-6-8-17(10-9-16)13(18)19-14(2,3)4/h12H,5-11,15H2,1-4H3. The highest BCUT2D eigenvalue weighted by molar-refractivity contribution is 5.68. The molecule has 1 atom stereocenters. The van der Waals surface area contributed by atoms with Crippen LogP contribution in [0.1, 0.15) is 40.5 Å². The number of hydrogen-bond acceptors (Lipinski definition) is 4. The zero-order valence-corrected chi connectivity index (χ0v) is 12.8. The third-order valence-electron chi connectivity index (χ3n) is 3.44. The third kappa shape index (κ3) is 5.37. The van der Waals surface area contributed by atoms with Crippen LogP contribution < -0.4 is 5.73 Å². The summed E-state index contributed by atoms with van der Waals surface area (Å²) in [6.45, 7) is 11.9. The van der Waals surface area contributed by atoms with E-state index in [9.17, 15) is 4.79 Å². The van der Waals surface area contributed by atoms with Crippen molar-refractivity contribution in [3.05, 3.63) is 0 Å². The van der Waals surface area contributed by atoms with Gasteiger partial charge >= 0.3 is 6.09 Å². The molecular formula is C14H29N3O2. The van der Waals surface area contributed by atoms with E-state index in [-0.39, 0.29) is 6.09 Å². The molecule has 1 aliphatic heterocycles. The van der Waals surface area contributed by atoms with Gasteiger partial charge in [0.05, 0.1) is 0 Å². The lowest BCUT2D eigenvalue weighted by Crippen LogP contribution is -2.43. The molecule has 0 saturated carbocycles. The fourth-order valence-corrected chi connectivity index (χ4v) is 2.39. The Labute approximate surface area is 117 Å². The molecule has 2 N–H and O–H groups in total. The molecule has 1 amide bonds. The van der Waals surface area contributed by atoms with Crippen molar-refractivity contribution in [1.29, 1.82) is 0 Å². The minimum absolute atomic E-state index is 0.199. The average molecular weight is 271 g/mol. The van der Waals surface area contributed by atoms with Crippen molar-refractivity contribution in [2.45, 2.75) is 52.2 Å². The van der Waals surface area contributed by atoms with Crippen molar-refractivity contribution in [1.82, 2.24) is 9.80 Å². The molecule has 19 heavy (non-hydrogen) atoms. The minimum Gasteiger partial charge on any atom is -0.444 e. The number of nitrogens with zero attached hydrogens (tertiary/aromatic N) is 2. The molecule has 0 spiro atoms. The molecule has 1 aliphatic rings. The predicted molar refractivity (Wildman–Crippen MR) is 77.1 cm³/mol. The van der Waals surface area contributed by atoms with Crippen LogP contribution in [0.4, 0.5) is 4.79 Å². The van der Waals surface area contributed by atoms with E-state index in [1.165, 1.54) is 0 Å². The van der Waals surface area contributed by atoms with Crippen LogP contribution in [-0.4, -0.2) is 60.3 Å². The molecule has 0 aromatic heterocycles. The van der Waals surface area contributed by atoms with Gasteiger partial charge in [0, 0.05) is 38.8 Å². The maximum Gasteiger partial charge on any atom is 0.410 e. The van der Waals surface area contributed by atoms with E-state index in [1.54, 1.807) is 0 Å². The maximum atomic E-state index is 12.0. The average Bonchev–Trinajstić information content (AvgIpc) is 2.54. The van der Waals surface area contributed by atoms with Crippen molar-refractivity contribution in [3.63, 3.8) is 0 Å². The molecular weight excluding hydrogens is 242 g/mol. The first-order chi connectivity index (χ1) is 8.87. The Morgan fingerprint density at radius 2 is 1.95 bits per heavy atom. The van der Waals surface area contributed by atoms with Crippen LogP contribution in [0.3, 0.4) is 0 Å². The number of rotatable bonds is 3. The number of ether oxygens (including phenoxy) is 1. The van der Waals surface area contributed by atoms with Gasteiger partial charge in [-0.25, -0.2) is 4.79 Å². The molecule has 112 valence electrons. The molecule has 0 bridgehead atoms. The van der Waals surface area contributed by atoms with Crippen LogP contribution in [0.5, 0.6) is 0 Å². The molecule has 1 saturated heterocycles. The molecule has 0 aliphatic carbocycles. The van der Waals surface area contributed by atoms with Crippen LogP contribution >= 0.6 is 0 Å². The van der Waals surface area contributed by atoms with Gasteiger partial charge in [0.15, 0.2) is 0 Å². The van der Waals surface area contributed by atoms with Gasteiger partial charge in [0.25, 0.3) is 0 Å². The molecule has 0 aromatic carbocycles. The monoisotopic (exact) mass is 271 g/mol. The molecule has 0 radical (unpaired) electrons. The van der Waals surface area contributed by atoms with E-state index in [4.69, 9.17) is 10.5 Å². The first kappa shape index (κ1) is 16.2. The maximum absolute atomic E-state index is 12.0. The summed E-state index contributed by atoms with van der Waals surface area (Å²) < 4.78 is 5.42. The number of amides is 1. The van der Waals surface area contributed by atoms with E-state index in [0.717, 1.165) is 39.0 Å². The van der Waals surface area contributed by atoms with E-state index >= 15 is 0 Å². The van der Waals surface area contributed by atoms with E-state index in [0.29, 0.717) is 12.6 Å². The largest absolute Gasteiger partial charge is 0.444 e. The van der Waals surface area contributed by atoms with Crippen molar-refractivity contribution < 1.29 is 9.53 Å². The number of carbonyl (C=O) groups is 1. The summed E-state index contributed by atoms with van der Waals surface area (Å²) in [5.41, 5.74) is 5.37. The lowest BCUT2D eigenvalue weighted by Gasteiger charge is -2.29. The van der Waals surface area contributed by atoms with Gasteiger partial charge in [0.2, 0.25) is 0 Å². The van der Waals surface area contributed by atoms with Crippen molar-refractivity contribution in [2.24, 2.45) is 5.73 Å². The quantitative estimate of drug-likeness (QED) is 0.848. The molecule has 1 fully saturated rings. The lowest BCUT2D eigenvalue weighted by molar-refractivity contribution is 0.0255. The van der Waals surface area contributed by atoms with Crippen molar-refractivity contribution in [3.8, 4) is 0 Å². The first-order valence-corrected chi connectivity index (χ1v) is 7.29. The van der Waals surface area contributed by atoms with Crippen LogP contribution in [0.25, 0.3) is 0 Å². The van der Waals surface area contributed by atoms with Gasteiger partial charge in [0.1, 0.15) is 5.60 Å². The summed E-state index contributed by atoms with van der Waals surface area (Å²) in [5.74, 6) is 0. The molecule has 1 rings (SSSR count). The number of carbonyl (C=O) groups excluding carboxylic acids is 1. The zero-order chi connectivity index (χ0) is 14.5. The Morgan fingerprint density at radius 1 is 1.26 bits per heavy atom. The molecule has 0 aromatic rings. The second-order valence-electron chi connectivity index (χ2n) is 6.15. The summed E-state index contributed by atoms with van der Waals surface area (Å²) >= 11 is 0. The SMILES string of the molecule is CCC(CN)N1CCCN(C(=O)OC(C)(C)C)CC1. The Kier molecular flexibility index (Phi) is 6.07. The van der Waals surface area contributed by atoms with Gasteiger partial charge < -0.3 is 15.4 Å². The van der Waals surface area contributed by atoms with E-state index in [2.05, 4.69) is 11.8 Å². The Morgan fingerprint density at radius 3 is 2.47 bits per heavy atom. The second kappa shape index (κ2) is 7.10. The summed E-state index contributed by atoms with van der Waals surface area (Å²) in [7, 11) is 0. The minimum atomic E-state index is -0.424. The normalized spacial score (nSPS) is 19.9. The lowest BCUT2D eigenvalue weighted by atomic mass is 10.2. The molecule has 1 heterocycles. The Bertz CT molecular complexity index is 285. The first-order valence-electron chi connectivity index (χ1n) is 7.29. The highest BCUT2D eigenvalue weighted by Crippen LogP contribution is 2.13. The van der Waals surface area contributed by atoms with Crippen LogP contribution in [0, 0.1) is 0 Å². The predicted octanol–water partition coefficient (Wildman–Crippen LogP) is 1.67. The summed E-state index contributed by atoms with van der Waals surface area (Å²) in [5, 5.41) is 0. The smallest absolute Gasteiger partial charge is 0.410 e. The summed E-state index contributed by atoms with van der Waals surface area (Å²) in [6, 6.07) is 0.429. The fraction of sp³-hybridized carbons (Fsp3) is 0.929. The Hall–Kier alpha value is -0.810. The van der Waals surface area contributed by atoms with Gasteiger partial charge in [-0.1, -0.05) is 6.92 Å². The summed E-state index contributed by atoms with van der Waals surface area (Å²) in [6.07, 6.45) is 1.84. The number of nitrogens with two attached hydrogens (primary N) is 1. The zero-order valence-electron chi connectivity index (χ0n) is 12.8. The Balaban J connectivity index is 2.52. The van der Waals surface area contributed by atoms with Crippen molar-refractivity contribution in [2.75, 3.05) is 32.7 Å². The van der Waals surface area contributed by atoms with E-state index in [1.807, 2.05) is 25.7 Å². The molecule has 5 nitrogen and oxygen atoms in total. The highest BCUT2D eigenvalue weighted by Gasteiger charge is 2.26. The van der Waals surface area contributed by atoms with Crippen LogP contribution in [-0.2, 0) is 4.74 Å². The second-order valence-corrected chi connectivity index (χ2v) is 6.15. The van der Waals surface area contributed by atoms with E-state index < -0.39 is 5.60 Å². The van der Waals surface area contributed by atoms with Gasteiger partial charge in [-0.15, -0.1) is 0 Å². The van der Waals surface area contributed by atoms with Crippen molar-refractivity contribution >= 4 is 6.09 Å². The van der Waals surface area contributed by atoms with Crippen LogP contribution in [0.15, 0.2) is 0 Å². The highest BCUT2D eigenvalue weighted by atomic mass is 16.6. The third-order valence-corrected chi connectivity index (χ3v) is 3.44. The van der Waals surface area contributed by atoms with Gasteiger partial charge in [-0.2, -0.15) is 0 Å². The molecule has 5 heteroatoms. The molecule has 1 unspecified atom stereocenters. The summed E-state index contributed by atoms with van der Waals surface area (Å²) in [4.78, 5) is 16.2. The van der Waals surface area contributed by atoms with Gasteiger partial charge in [-0.05, 0) is 33.6 Å². The fourth-order valence-electron chi connectivity index (χ4n) is 2.39.